The summed E-state index contributed by atoms with van der Waals surface area (Å²) in [6, 6.07) is 2.82. The molecule has 5 nitrogen and oxygen atoms in total. The number of hydrogen-bond acceptors (Lipinski definition) is 3. The number of aromatic nitrogens is 1. The predicted octanol–water partition coefficient (Wildman–Crippen LogP) is 0.522. The van der Waals surface area contributed by atoms with Crippen LogP contribution in [0.5, 0.6) is 0 Å². The standard InChI is InChI=1S/C13H20N2O3/c1-9(2)13(3,18)8-14-12(17)10-5-6-11(16)15(4)7-10/h5-7,9,18H,8H2,1-4H3,(H,14,17). The molecule has 0 aromatic carbocycles. The molecular formula is C13H20N2O3. The van der Waals surface area contributed by atoms with Gasteiger partial charge < -0.3 is 15.0 Å². The van der Waals surface area contributed by atoms with Crippen LogP contribution in [0.2, 0.25) is 0 Å². The number of carbonyl (C=O) groups is 1. The van der Waals surface area contributed by atoms with Gasteiger partial charge in [-0.2, -0.15) is 0 Å². The number of aliphatic hydroxyl groups is 1. The van der Waals surface area contributed by atoms with Crippen LogP contribution in [0.3, 0.4) is 0 Å². The first kappa shape index (κ1) is 14.4. The number of hydrogen-bond donors (Lipinski definition) is 2. The first-order chi connectivity index (χ1) is 8.24. The highest BCUT2D eigenvalue weighted by Gasteiger charge is 2.25. The van der Waals surface area contributed by atoms with E-state index < -0.39 is 5.60 Å². The number of pyridine rings is 1. The molecule has 1 aromatic heterocycles. The summed E-state index contributed by atoms with van der Waals surface area (Å²) in [5, 5.41) is 12.7. The van der Waals surface area contributed by atoms with Crippen molar-refractivity contribution in [3.63, 3.8) is 0 Å². The van der Waals surface area contributed by atoms with Gasteiger partial charge in [-0.15, -0.1) is 0 Å². The molecule has 1 heterocycles. The predicted molar refractivity (Wildman–Crippen MR) is 69.5 cm³/mol. The summed E-state index contributed by atoms with van der Waals surface area (Å²) in [5.41, 5.74) is -0.714. The van der Waals surface area contributed by atoms with Crippen LogP contribution in [0, 0.1) is 5.92 Å². The lowest BCUT2D eigenvalue weighted by Crippen LogP contribution is -2.44. The van der Waals surface area contributed by atoms with Gasteiger partial charge in [-0.05, 0) is 18.9 Å². The Bertz CT molecular complexity index is 489. The van der Waals surface area contributed by atoms with E-state index in [0.29, 0.717) is 5.56 Å². The van der Waals surface area contributed by atoms with E-state index in [-0.39, 0.29) is 23.9 Å². The first-order valence-electron chi connectivity index (χ1n) is 5.91. The molecule has 100 valence electrons. The molecule has 0 spiro atoms. The van der Waals surface area contributed by atoms with E-state index in [4.69, 9.17) is 0 Å². The number of aryl methyl sites for hydroxylation is 1. The maximum atomic E-state index is 11.8. The molecule has 0 saturated carbocycles. The van der Waals surface area contributed by atoms with Crippen molar-refractivity contribution in [3.05, 3.63) is 34.2 Å². The number of rotatable bonds is 4. The molecule has 1 rings (SSSR count). The van der Waals surface area contributed by atoms with Gasteiger partial charge in [0.2, 0.25) is 5.56 Å². The van der Waals surface area contributed by atoms with Crippen LogP contribution in [-0.2, 0) is 7.05 Å². The third-order valence-electron chi connectivity index (χ3n) is 3.20. The average molecular weight is 252 g/mol. The fourth-order valence-corrected chi connectivity index (χ4v) is 1.29. The zero-order valence-corrected chi connectivity index (χ0v) is 11.2. The zero-order chi connectivity index (χ0) is 13.9. The summed E-state index contributed by atoms with van der Waals surface area (Å²) in [7, 11) is 1.59. The van der Waals surface area contributed by atoms with E-state index in [1.54, 1.807) is 14.0 Å². The van der Waals surface area contributed by atoms with Crippen molar-refractivity contribution >= 4 is 5.91 Å². The molecule has 1 amide bonds. The zero-order valence-electron chi connectivity index (χ0n) is 11.2. The van der Waals surface area contributed by atoms with E-state index in [1.807, 2.05) is 13.8 Å². The molecule has 0 bridgehead atoms. The largest absolute Gasteiger partial charge is 0.388 e. The van der Waals surface area contributed by atoms with Crippen molar-refractivity contribution in [2.24, 2.45) is 13.0 Å². The SMILES string of the molecule is CC(C)C(C)(O)CNC(=O)c1ccc(=O)n(C)c1. The van der Waals surface area contributed by atoms with Crippen LogP contribution in [0.15, 0.2) is 23.1 Å². The van der Waals surface area contributed by atoms with Crippen LogP contribution in [-0.4, -0.2) is 27.7 Å². The Balaban J connectivity index is 2.72. The summed E-state index contributed by atoms with van der Waals surface area (Å²) < 4.78 is 1.34. The van der Waals surface area contributed by atoms with Crippen molar-refractivity contribution in [2.75, 3.05) is 6.54 Å². The maximum absolute atomic E-state index is 11.8. The maximum Gasteiger partial charge on any atom is 0.252 e. The quantitative estimate of drug-likeness (QED) is 0.820. The number of nitrogens with one attached hydrogen (secondary N) is 1. The molecule has 1 atom stereocenters. The molecule has 0 fully saturated rings. The third kappa shape index (κ3) is 3.43. The second kappa shape index (κ2) is 5.35. The van der Waals surface area contributed by atoms with Gasteiger partial charge in [0.15, 0.2) is 0 Å². The Morgan fingerprint density at radius 2 is 2.11 bits per heavy atom. The summed E-state index contributed by atoms with van der Waals surface area (Å²) in [4.78, 5) is 23.0. The van der Waals surface area contributed by atoms with Gasteiger partial charge in [0, 0.05) is 25.9 Å². The monoisotopic (exact) mass is 252 g/mol. The van der Waals surface area contributed by atoms with E-state index in [0.717, 1.165) is 0 Å². The minimum absolute atomic E-state index is 0.0397. The second-order valence-electron chi connectivity index (χ2n) is 5.06. The van der Waals surface area contributed by atoms with Crippen molar-refractivity contribution < 1.29 is 9.90 Å². The van der Waals surface area contributed by atoms with Crippen LogP contribution >= 0.6 is 0 Å². The van der Waals surface area contributed by atoms with Gasteiger partial charge in [-0.3, -0.25) is 9.59 Å². The number of carbonyl (C=O) groups excluding carboxylic acids is 1. The van der Waals surface area contributed by atoms with E-state index in [9.17, 15) is 14.7 Å². The smallest absolute Gasteiger partial charge is 0.252 e. The number of amides is 1. The summed E-state index contributed by atoms with van der Waals surface area (Å²) >= 11 is 0. The van der Waals surface area contributed by atoms with E-state index in [1.165, 1.54) is 22.9 Å². The van der Waals surface area contributed by atoms with Gasteiger partial charge in [-0.25, -0.2) is 0 Å². The highest BCUT2D eigenvalue weighted by molar-refractivity contribution is 5.93. The van der Waals surface area contributed by atoms with E-state index >= 15 is 0 Å². The van der Waals surface area contributed by atoms with Gasteiger partial charge in [-0.1, -0.05) is 13.8 Å². The highest BCUT2D eigenvalue weighted by atomic mass is 16.3. The van der Waals surface area contributed by atoms with Crippen LogP contribution in [0.25, 0.3) is 0 Å². The Morgan fingerprint density at radius 3 is 2.61 bits per heavy atom. The highest BCUT2D eigenvalue weighted by Crippen LogP contribution is 2.14. The molecule has 5 heteroatoms. The Kier molecular flexibility index (Phi) is 4.29. The van der Waals surface area contributed by atoms with Crippen molar-refractivity contribution in [1.29, 1.82) is 0 Å². The van der Waals surface area contributed by atoms with Crippen LogP contribution in [0.4, 0.5) is 0 Å². The molecule has 2 N–H and O–H groups in total. The van der Waals surface area contributed by atoms with Gasteiger partial charge >= 0.3 is 0 Å². The second-order valence-corrected chi connectivity index (χ2v) is 5.06. The minimum Gasteiger partial charge on any atom is -0.388 e. The van der Waals surface area contributed by atoms with Gasteiger partial charge in [0.05, 0.1) is 11.2 Å². The molecule has 0 saturated heterocycles. The fourth-order valence-electron chi connectivity index (χ4n) is 1.29. The normalized spacial score (nSPS) is 14.3. The van der Waals surface area contributed by atoms with Crippen LogP contribution < -0.4 is 10.9 Å². The molecule has 0 aliphatic carbocycles. The Hall–Kier alpha value is -1.62. The summed E-state index contributed by atoms with van der Waals surface area (Å²) in [6.45, 7) is 5.63. The minimum atomic E-state index is -0.948. The van der Waals surface area contributed by atoms with Crippen molar-refractivity contribution in [3.8, 4) is 0 Å². The molecule has 1 unspecified atom stereocenters. The van der Waals surface area contributed by atoms with Crippen LogP contribution in [0.1, 0.15) is 31.1 Å². The molecule has 0 aliphatic rings. The van der Waals surface area contributed by atoms with Crippen molar-refractivity contribution in [2.45, 2.75) is 26.4 Å². The molecule has 0 radical (unpaired) electrons. The first-order valence-corrected chi connectivity index (χ1v) is 5.91. The van der Waals surface area contributed by atoms with Gasteiger partial charge in [0.1, 0.15) is 0 Å². The molecule has 0 aliphatic heterocycles. The lowest BCUT2D eigenvalue weighted by atomic mass is 9.92. The van der Waals surface area contributed by atoms with E-state index in [2.05, 4.69) is 5.32 Å². The van der Waals surface area contributed by atoms with Crippen molar-refractivity contribution in [1.82, 2.24) is 9.88 Å². The molecular weight excluding hydrogens is 232 g/mol. The topological polar surface area (TPSA) is 71.3 Å². The lowest BCUT2D eigenvalue weighted by Gasteiger charge is -2.27. The summed E-state index contributed by atoms with van der Waals surface area (Å²) in [5.74, 6) is -0.260. The lowest BCUT2D eigenvalue weighted by molar-refractivity contribution is 0.0142. The Labute approximate surface area is 106 Å². The Morgan fingerprint density at radius 1 is 1.50 bits per heavy atom. The molecule has 1 aromatic rings. The fraction of sp³-hybridized carbons (Fsp3) is 0.538. The third-order valence-corrected chi connectivity index (χ3v) is 3.20. The summed E-state index contributed by atoms with van der Waals surface area (Å²) in [6.07, 6.45) is 1.47. The number of nitrogens with zero attached hydrogens (tertiary/aromatic N) is 1. The average Bonchev–Trinajstić information content (AvgIpc) is 2.29. The van der Waals surface area contributed by atoms with Gasteiger partial charge in [0.25, 0.3) is 5.91 Å². The molecule has 18 heavy (non-hydrogen) atoms.